The van der Waals surface area contributed by atoms with E-state index in [-0.39, 0.29) is 12.0 Å². The van der Waals surface area contributed by atoms with Gasteiger partial charge in [-0.05, 0) is 12.5 Å². The molecule has 2 aromatic rings. The Morgan fingerprint density at radius 2 is 1.92 bits per heavy atom. The van der Waals surface area contributed by atoms with Crippen molar-refractivity contribution in [2.75, 3.05) is 38.2 Å². The Morgan fingerprint density at radius 3 is 2.54 bits per heavy atom. The lowest BCUT2D eigenvalue weighted by Gasteiger charge is -2.35. The second-order valence-electron chi connectivity index (χ2n) is 6.95. The van der Waals surface area contributed by atoms with Gasteiger partial charge in [-0.1, -0.05) is 43.7 Å². The third-order valence-electron chi connectivity index (χ3n) is 4.65. The van der Waals surface area contributed by atoms with Crippen molar-refractivity contribution in [2.45, 2.75) is 32.7 Å². The Kier molecular flexibility index (Phi) is 5.92. The number of nitrogens with zero attached hydrogens (tertiary/aromatic N) is 3. The molecule has 0 bridgehead atoms. The number of anilines is 1. The molecule has 26 heavy (non-hydrogen) atoms. The van der Waals surface area contributed by atoms with Gasteiger partial charge in [0.25, 0.3) is 0 Å². The number of ether oxygens (including phenoxy) is 1. The highest BCUT2D eigenvalue weighted by molar-refractivity contribution is 5.46. The zero-order valence-electron chi connectivity index (χ0n) is 15.7. The number of aryl methyl sites for hydroxylation is 1. The van der Waals surface area contributed by atoms with Crippen LogP contribution in [0.4, 0.5) is 5.88 Å². The summed E-state index contributed by atoms with van der Waals surface area (Å²) in [4.78, 5) is 6.69. The van der Waals surface area contributed by atoms with Crippen LogP contribution in [0.3, 0.4) is 0 Å². The van der Waals surface area contributed by atoms with Gasteiger partial charge in [-0.2, -0.15) is 5.26 Å². The number of rotatable bonds is 6. The van der Waals surface area contributed by atoms with Gasteiger partial charge >= 0.3 is 0 Å². The smallest absolute Gasteiger partial charge is 0.232 e. The topological polar surface area (TPSA) is 74.3 Å². The largest absolute Gasteiger partial charge is 0.424 e. The minimum atomic E-state index is 0.143. The third kappa shape index (κ3) is 4.24. The normalized spacial score (nSPS) is 16.4. The van der Waals surface area contributed by atoms with Crippen molar-refractivity contribution >= 4 is 5.88 Å². The van der Waals surface area contributed by atoms with E-state index in [4.69, 9.17) is 9.15 Å². The van der Waals surface area contributed by atoms with Crippen molar-refractivity contribution in [3.8, 4) is 6.07 Å². The van der Waals surface area contributed by atoms with Gasteiger partial charge in [-0.3, -0.25) is 4.90 Å². The zero-order chi connectivity index (χ0) is 18.5. The van der Waals surface area contributed by atoms with Crippen molar-refractivity contribution in [1.82, 2.24) is 9.88 Å². The molecule has 6 nitrogen and oxygen atoms in total. The van der Waals surface area contributed by atoms with E-state index in [9.17, 15) is 5.26 Å². The molecule has 0 radical (unpaired) electrons. The molecule has 1 N–H and O–H groups in total. The highest BCUT2D eigenvalue weighted by Crippen LogP contribution is 2.26. The molecule has 0 amide bonds. The number of nitrogens with one attached hydrogen (secondary N) is 1. The minimum absolute atomic E-state index is 0.143. The van der Waals surface area contributed by atoms with Crippen LogP contribution < -0.4 is 5.32 Å². The average molecular weight is 354 g/mol. The van der Waals surface area contributed by atoms with Crippen LogP contribution >= 0.6 is 0 Å². The van der Waals surface area contributed by atoms with Gasteiger partial charge in [0.15, 0.2) is 0 Å². The fraction of sp³-hybridized carbons (Fsp3) is 0.500. The quantitative estimate of drug-likeness (QED) is 0.856. The second kappa shape index (κ2) is 8.35. The predicted octanol–water partition coefficient (Wildman–Crippen LogP) is 3.46. The molecule has 3 rings (SSSR count). The van der Waals surface area contributed by atoms with Crippen LogP contribution in [0.1, 0.15) is 48.5 Å². The van der Waals surface area contributed by atoms with E-state index in [0.717, 1.165) is 26.3 Å². The monoisotopic (exact) mass is 354 g/mol. The first-order valence-corrected chi connectivity index (χ1v) is 9.11. The van der Waals surface area contributed by atoms with Gasteiger partial charge in [-0.25, -0.2) is 4.98 Å². The summed E-state index contributed by atoms with van der Waals surface area (Å²) < 4.78 is 11.3. The van der Waals surface area contributed by atoms with E-state index in [2.05, 4.69) is 52.5 Å². The first-order chi connectivity index (χ1) is 12.6. The van der Waals surface area contributed by atoms with Crippen molar-refractivity contribution < 1.29 is 9.15 Å². The highest BCUT2D eigenvalue weighted by Gasteiger charge is 2.24. The molecule has 0 spiro atoms. The molecule has 2 heterocycles. The number of hydrogen-bond acceptors (Lipinski definition) is 6. The van der Waals surface area contributed by atoms with E-state index in [1.165, 1.54) is 11.1 Å². The number of aromatic nitrogens is 1. The second-order valence-corrected chi connectivity index (χ2v) is 6.95. The Bertz CT molecular complexity index is 755. The fourth-order valence-corrected chi connectivity index (χ4v) is 3.10. The van der Waals surface area contributed by atoms with Crippen LogP contribution in [0.25, 0.3) is 0 Å². The molecule has 1 atom stereocenters. The van der Waals surface area contributed by atoms with Crippen molar-refractivity contribution in [3.63, 3.8) is 0 Å². The first-order valence-electron chi connectivity index (χ1n) is 9.11. The molecule has 1 saturated heterocycles. The number of nitriles is 1. The molecule has 0 saturated carbocycles. The SMILES string of the molecule is Cc1ccc(C(CNc2oc(C(C)C)nc2C#N)N2CCOCC2)cc1. The number of oxazole rings is 1. The average Bonchev–Trinajstić information content (AvgIpc) is 3.08. The summed E-state index contributed by atoms with van der Waals surface area (Å²) in [6, 6.07) is 10.9. The summed E-state index contributed by atoms with van der Waals surface area (Å²) in [5, 5.41) is 12.7. The number of morpholine rings is 1. The summed E-state index contributed by atoms with van der Waals surface area (Å²) >= 11 is 0. The standard InChI is InChI=1S/C20H26N4O2/c1-14(2)19-23-17(12-21)20(26-19)22-13-18(24-8-10-25-11-9-24)16-6-4-15(3)5-7-16/h4-7,14,18,22H,8-11,13H2,1-3H3. The van der Waals surface area contributed by atoms with Crippen LogP contribution in [0.15, 0.2) is 28.7 Å². The maximum atomic E-state index is 9.34. The molecule has 1 aromatic heterocycles. The van der Waals surface area contributed by atoms with Crippen LogP contribution in [0, 0.1) is 18.3 Å². The van der Waals surface area contributed by atoms with E-state index in [1.807, 2.05) is 13.8 Å². The van der Waals surface area contributed by atoms with Gasteiger partial charge in [0.2, 0.25) is 17.5 Å². The third-order valence-corrected chi connectivity index (χ3v) is 4.65. The van der Waals surface area contributed by atoms with Gasteiger partial charge in [0, 0.05) is 25.6 Å². The van der Waals surface area contributed by atoms with E-state index in [1.54, 1.807) is 0 Å². The van der Waals surface area contributed by atoms with Crippen LogP contribution in [-0.4, -0.2) is 42.7 Å². The molecular formula is C20H26N4O2. The first kappa shape index (κ1) is 18.4. The molecule has 138 valence electrons. The van der Waals surface area contributed by atoms with E-state index >= 15 is 0 Å². The van der Waals surface area contributed by atoms with Crippen molar-refractivity contribution in [2.24, 2.45) is 0 Å². The Hall–Kier alpha value is -2.36. The summed E-state index contributed by atoms with van der Waals surface area (Å²) in [6.45, 7) is 9.99. The summed E-state index contributed by atoms with van der Waals surface area (Å²) in [7, 11) is 0. The molecular weight excluding hydrogens is 328 g/mol. The molecule has 1 aromatic carbocycles. The minimum Gasteiger partial charge on any atom is -0.424 e. The molecule has 1 aliphatic rings. The Balaban J connectivity index is 1.79. The fourth-order valence-electron chi connectivity index (χ4n) is 3.10. The summed E-state index contributed by atoms with van der Waals surface area (Å²) in [5.74, 6) is 1.19. The number of hydrogen-bond donors (Lipinski definition) is 1. The summed E-state index contributed by atoms with van der Waals surface area (Å²) in [5.41, 5.74) is 2.80. The number of benzene rings is 1. The maximum Gasteiger partial charge on any atom is 0.232 e. The Labute approximate surface area is 154 Å². The molecule has 6 heteroatoms. The predicted molar refractivity (Wildman–Crippen MR) is 100 cm³/mol. The van der Waals surface area contributed by atoms with E-state index < -0.39 is 0 Å². The lowest BCUT2D eigenvalue weighted by molar-refractivity contribution is 0.0186. The highest BCUT2D eigenvalue weighted by atomic mass is 16.5. The van der Waals surface area contributed by atoms with Gasteiger partial charge in [-0.15, -0.1) is 0 Å². The molecule has 1 fully saturated rings. The molecule has 1 aliphatic heterocycles. The van der Waals surface area contributed by atoms with Gasteiger partial charge in [0.1, 0.15) is 6.07 Å². The maximum absolute atomic E-state index is 9.34. The zero-order valence-corrected chi connectivity index (χ0v) is 15.7. The van der Waals surface area contributed by atoms with E-state index in [0.29, 0.717) is 24.0 Å². The lowest BCUT2D eigenvalue weighted by Crippen LogP contribution is -2.41. The van der Waals surface area contributed by atoms with Gasteiger partial charge < -0.3 is 14.5 Å². The van der Waals surface area contributed by atoms with Crippen LogP contribution in [0.2, 0.25) is 0 Å². The lowest BCUT2D eigenvalue weighted by atomic mass is 10.0. The molecule has 1 unspecified atom stereocenters. The Morgan fingerprint density at radius 1 is 1.23 bits per heavy atom. The molecule has 0 aliphatic carbocycles. The van der Waals surface area contributed by atoms with Crippen LogP contribution in [-0.2, 0) is 4.74 Å². The van der Waals surface area contributed by atoms with Crippen molar-refractivity contribution in [1.29, 1.82) is 5.26 Å². The van der Waals surface area contributed by atoms with Gasteiger partial charge in [0.05, 0.1) is 19.3 Å². The summed E-state index contributed by atoms with van der Waals surface area (Å²) in [6.07, 6.45) is 0. The van der Waals surface area contributed by atoms with Crippen LogP contribution in [0.5, 0.6) is 0 Å². The van der Waals surface area contributed by atoms with Crippen molar-refractivity contribution in [3.05, 3.63) is 47.0 Å².